The Morgan fingerprint density at radius 3 is 2.39 bits per heavy atom. The molecule has 0 aromatic heterocycles. The van der Waals surface area contributed by atoms with Crippen LogP contribution in [-0.4, -0.2) is 18.9 Å². The molecule has 0 aliphatic rings. The SMILES string of the molecule is COC(=O)C(CCCCc1ccccc1)C(C)=O. The van der Waals surface area contributed by atoms with Gasteiger partial charge in [-0.25, -0.2) is 0 Å². The number of rotatable bonds is 7. The van der Waals surface area contributed by atoms with Gasteiger partial charge in [-0.2, -0.15) is 0 Å². The Hall–Kier alpha value is -1.64. The molecule has 0 saturated heterocycles. The van der Waals surface area contributed by atoms with Crippen molar-refractivity contribution < 1.29 is 14.3 Å². The van der Waals surface area contributed by atoms with E-state index in [-0.39, 0.29) is 5.78 Å². The standard InChI is InChI=1S/C15H20O3/c1-12(16)14(15(17)18-2)11-7-6-10-13-8-4-3-5-9-13/h3-5,8-9,14H,6-7,10-11H2,1-2H3. The number of Topliss-reactive ketones (excluding diaryl/α,β-unsaturated/α-hetero) is 1. The summed E-state index contributed by atoms with van der Waals surface area (Å²) in [5.74, 6) is -1.12. The van der Waals surface area contributed by atoms with Crippen molar-refractivity contribution in [1.29, 1.82) is 0 Å². The Kier molecular flexibility index (Phi) is 6.12. The van der Waals surface area contributed by atoms with Crippen molar-refractivity contribution in [3.8, 4) is 0 Å². The fraction of sp³-hybridized carbons (Fsp3) is 0.467. The van der Waals surface area contributed by atoms with Gasteiger partial charge < -0.3 is 4.74 Å². The summed E-state index contributed by atoms with van der Waals surface area (Å²) in [4.78, 5) is 22.7. The highest BCUT2D eigenvalue weighted by Crippen LogP contribution is 2.14. The predicted octanol–water partition coefficient (Wildman–Crippen LogP) is 2.78. The van der Waals surface area contributed by atoms with Gasteiger partial charge in [-0.05, 0) is 31.7 Å². The third kappa shape index (κ3) is 4.70. The lowest BCUT2D eigenvalue weighted by molar-refractivity contribution is -0.149. The van der Waals surface area contributed by atoms with Gasteiger partial charge in [-0.15, -0.1) is 0 Å². The molecule has 0 fully saturated rings. The molecule has 0 saturated carbocycles. The number of carbonyl (C=O) groups is 2. The van der Waals surface area contributed by atoms with Gasteiger partial charge in [0.1, 0.15) is 11.7 Å². The van der Waals surface area contributed by atoms with E-state index in [1.54, 1.807) is 0 Å². The number of ether oxygens (including phenoxy) is 1. The van der Waals surface area contributed by atoms with E-state index in [0.29, 0.717) is 6.42 Å². The average Bonchev–Trinajstić information content (AvgIpc) is 2.38. The number of hydrogen-bond donors (Lipinski definition) is 0. The lowest BCUT2D eigenvalue weighted by Crippen LogP contribution is -2.23. The smallest absolute Gasteiger partial charge is 0.316 e. The summed E-state index contributed by atoms with van der Waals surface area (Å²) in [6.45, 7) is 1.44. The highest BCUT2D eigenvalue weighted by molar-refractivity contribution is 5.97. The first-order valence-corrected chi connectivity index (χ1v) is 6.27. The zero-order valence-electron chi connectivity index (χ0n) is 11.0. The molecule has 0 heterocycles. The van der Waals surface area contributed by atoms with Crippen LogP contribution in [0.15, 0.2) is 30.3 Å². The molecule has 98 valence electrons. The second-order valence-electron chi connectivity index (χ2n) is 4.42. The molecule has 0 aliphatic carbocycles. The minimum Gasteiger partial charge on any atom is -0.468 e. The molecule has 1 rings (SSSR count). The number of carbonyl (C=O) groups excluding carboxylic acids is 2. The van der Waals surface area contributed by atoms with Crippen molar-refractivity contribution in [3.05, 3.63) is 35.9 Å². The maximum atomic E-state index is 11.4. The Bertz CT molecular complexity index is 384. The summed E-state index contributed by atoms with van der Waals surface area (Å²) in [6, 6.07) is 10.2. The third-order valence-corrected chi connectivity index (χ3v) is 3.03. The quantitative estimate of drug-likeness (QED) is 0.423. The minimum absolute atomic E-state index is 0.110. The number of aryl methyl sites for hydroxylation is 1. The summed E-state index contributed by atoms with van der Waals surface area (Å²) in [5, 5.41) is 0. The van der Waals surface area contributed by atoms with Crippen molar-refractivity contribution in [1.82, 2.24) is 0 Å². The first kappa shape index (κ1) is 14.4. The fourth-order valence-corrected chi connectivity index (χ4v) is 1.95. The number of ketones is 1. The van der Waals surface area contributed by atoms with Gasteiger partial charge in [-0.3, -0.25) is 9.59 Å². The molecule has 0 amide bonds. The van der Waals surface area contributed by atoms with Gasteiger partial charge in [0.2, 0.25) is 0 Å². The van der Waals surface area contributed by atoms with Crippen LogP contribution in [0, 0.1) is 5.92 Å². The molecule has 18 heavy (non-hydrogen) atoms. The Morgan fingerprint density at radius 1 is 1.17 bits per heavy atom. The monoisotopic (exact) mass is 248 g/mol. The van der Waals surface area contributed by atoms with E-state index in [9.17, 15) is 9.59 Å². The molecule has 1 unspecified atom stereocenters. The summed E-state index contributed by atoms with van der Waals surface area (Å²) in [6.07, 6.45) is 3.39. The maximum absolute atomic E-state index is 11.4. The van der Waals surface area contributed by atoms with E-state index in [0.717, 1.165) is 19.3 Å². The largest absolute Gasteiger partial charge is 0.468 e. The molecule has 1 atom stereocenters. The lowest BCUT2D eigenvalue weighted by Gasteiger charge is -2.10. The molecule has 1 aromatic carbocycles. The van der Waals surface area contributed by atoms with Crippen molar-refractivity contribution in [2.45, 2.75) is 32.6 Å². The van der Waals surface area contributed by atoms with Crippen LogP contribution in [0.3, 0.4) is 0 Å². The molecule has 0 aliphatic heterocycles. The van der Waals surface area contributed by atoms with Crippen LogP contribution in [0.2, 0.25) is 0 Å². The van der Waals surface area contributed by atoms with Gasteiger partial charge in [0.25, 0.3) is 0 Å². The average molecular weight is 248 g/mol. The van der Waals surface area contributed by atoms with Gasteiger partial charge in [0.15, 0.2) is 0 Å². The van der Waals surface area contributed by atoms with Crippen molar-refractivity contribution in [2.24, 2.45) is 5.92 Å². The fourth-order valence-electron chi connectivity index (χ4n) is 1.95. The van der Waals surface area contributed by atoms with Crippen molar-refractivity contribution in [3.63, 3.8) is 0 Å². The Morgan fingerprint density at radius 2 is 1.83 bits per heavy atom. The maximum Gasteiger partial charge on any atom is 0.316 e. The molecule has 0 radical (unpaired) electrons. The highest BCUT2D eigenvalue weighted by Gasteiger charge is 2.23. The van der Waals surface area contributed by atoms with E-state index in [1.807, 2.05) is 18.2 Å². The number of methoxy groups -OCH3 is 1. The first-order valence-electron chi connectivity index (χ1n) is 6.27. The second-order valence-corrected chi connectivity index (χ2v) is 4.42. The number of benzene rings is 1. The van der Waals surface area contributed by atoms with E-state index >= 15 is 0 Å². The molecule has 1 aromatic rings. The highest BCUT2D eigenvalue weighted by atomic mass is 16.5. The molecule has 0 N–H and O–H groups in total. The van der Waals surface area contributed by atoms with Crippen LogP contribution in [0.25, 0.3) is 0 Å². The first-order chi connectivity index (χ1) is 8.65. The van der Waals surface area contributed by atoms with Crippen LogP contribution >= 0.6 is 0 Å². The summed E-state index contributed by atoms with van der Waals surface area (Å²) in [5.41, 5.74) is 1.29. The van der Waals surface area contributed by atoms with E-state index in [1.165, 1.54) is 19.6 Å². The third-order valence-electron chi connectivity index (χ3n) is 3.03. The second kappa shape index (κ2) is 7.64. The molecular formula is C15H20O3. The van der Waals surface area contributed by atoms with Crippen molar-refractivity contribution in [2.75, 3.05) is 7.11 Å². The van der Waals surface area contributed by atoms with Crippen LogP contribution < -0.4 is 0 Å². The lowest BCUT2D eigenvalue weighted by atomic mass is 9.96. The van der Waals surface area contributed by atoms with E-state index in [2.05, 4.69) is 16.9 Å². The van der Waals surface area contributed by atoms with Crippen LogP contribution in [0.1, 0.15) is 31.7 Å². The van der Waals surface area contributed by atoms with E-state index < -0.39 is 11.9 Å². The Labute approximate surface area is 108 Å². The summed E-state index contributed by atoms with van der Waals surface area (Å²) < 4.78 is 4.63. The minimum atomic E-state index is -0.592. The molecule has 0 spiro atoms. The van der Waals surface area contributed by atoms with Gasteiger partial charge in [0, 0.05) is 0 Å². The number of esters is 1. The number of hydrogen-bond acceptors (Lipinski definition) is 3. The van der Waals surface area contributed by atoms with Gasteiger partial charge >= 0.3 is 5.97 Å². The Balaban J connectivity index is 2.31. The summed E-state index contributed by atoms with van der Waals surface area (Å²) in [7, 11) is 1.32. The summed E-state index contributed by atoms with van der Waals surface area (Å²) >= 11 is 0. The van der Waals surface area contributed by atoms with Crippen LogP contribution in [-0.2, 0) is 20.7 Å². The molecule has 3 heteroatoms. The zero-order chi connectivity index (χ0) is 13.4. The normalized spacial score (nSPS) is 11.9. The van der Waals surface area contributed by atoms with Crippen LogP contribution in [0.5, 0.6) is 0 Å². The van der Waals surface area contributed by atoms with E-state index in [4.69, 9.17) is 0 Å². The van der Waals surface area contributed by atoms with Gasteiger partial charge in [-0.1, -0.05) is 36.8 Å². The zero-order valence-corrected chi connectivity index (χ0v) is 11.0. The topological polar surface area (TPSA) is 43.4 Å². The molecule has 3 nitrogen and oxygen atoms in total. The number of unbranched alkanes of at least 4 members (excludes halogenated alkanes) is 1. The predicted molar refractivity (Wildman–Crippen MR) is 70.2 cm³/mol. The molecular weight excluding hydrogens is 228 g/mol. The van der Waals surface area contributed by atoms with Crippen LogP contribution in [0.4, 0.5) is 0 Å². The molecule has 0 bridgehead atoms. The van der Waals surface area contributed by atoms with Gasteiger partial charge in [0.05, 0.1) is 7.11 Å². The van der Waals surface area contributed by atoms with Crippen molar-refractivity contribution >= 4 is 11.8 Å².